The van der Waals surface area contributed by atoms with Crippen LogP contribution in [0, 0.1) is 17.6 Å². The molecule has 0 radical (unpaired) electrons. The molecule has 86 valence electrons. The van der Waals surface area contributed by atoms with Gasteiger partial charge in [0.2, 0.25) is 0 Å². The number of halogens is 2. The van der Waals surface area contributed by atoms with Gasteiger partial charge in [-0.05, 0) is 24.6 Å². The molecule has 1 aliphatic heterocycles. The second-order valence-electron chi connectivity index (χ2n) is 4.05. The molecule has 1 unspecified atom stereocenters. The highest BCUT2D eigenvalue weighted by atomic mass is 19.2. The molecular formula is C12H13F2NO. The van der Waals surface area contributed by atoms with Gasteiger partial charge < -0.3 is 5.32 Å². The molecule has 1 aromatic carbocycles. The van der Waals surface area contributed by atoms with Gasteiger partial charge in [0.15, 0.2) is 11.6 Å². The van der Waals surface area contributed by atoms with Crippen molar-refractivity contribution in [3.05, 3.63) is 35.4 Å². The molecule has 2 nitrogen and oxygen atoms in total. The van der Waals surface area contributed by atoms with Crippen molar-refractivity contribution >= 4 is 5.78 Å². The van der Waals surface area contributed by atoms with Crippen LogP contribution in [0.3, 0.4) is 0 Å². The second kappa shape index (κ2) is 4.70. The van der Waals surface area contributed by atoms with Crippen molar-refractivity contribution in [3.8, 4) is 0 Å². The Morgan fingerprint density at radius 3 is 2.94 bits per heavy atom. The SMILES string of the molecule is O=C(Cc1cccc(F)c1F)C1CCNC1. The van der Waals surface area contributed by atoms with E-state index in [1.807, 2.05) is 0 Å². The molecule has 2 rings (SSSR count). The van der Waals surface area contributed by atoms with E-state index in [-0.39, 0.29) is 23.7 Å². The molecule has 0 spiro atoms. The Morgan fingerprint density at radius 2 is 2.25 bits per heavy atom. The van der Waals surface area contributed by atoms with Gasteiger partial charge in [-0.1, -0.05) is 12.1 Å². The largest absolute Gasteiger partial charge is 0.316 e. The Hall–Kier alpha value is -1.29. The second-order valence-corrected chi connectivity index (χ2v) is 4.05. The lowest BCUT2D eigenvalue weighted by atomic mass is 9.97. The maximum absolute atomic E-state index is 13.3. The fourth-order valence-electron chi connectivity index (χ4n) is 1.95. The van der Waals surface area contributed by atoms with E-state index >= 15 is 0 Å². The maximum atomic E-state index is 13.3. The van der Waals surface area contributed by atoms with Crippen molar-refractivity contribution in [3.63, 3.8) is 0 Å². The van der Waals surface area contributed by atoms with E-state index in [0.717, 1.165) is 19.0 Å². The number of hydrogen-bond acceptors (Lipinski definition) is 2. The van der Waals surface area contributed by atoms with E-state index in [4.69, 9.17) is 0 Å². The van der Waals surface area contributed by atoms with Crippen LogP contribution in [0.1, 0.15) is 12.0 Å². The Balaban J connectivity index is 2.08. The smallest absolute Gasteiger partial charge is 0.162 e. The van der Waals surface area contributed by atoms with E-state index in [1.165, 1.54) is 12.1 Å². The number of benzene rings is 1. The predicted octanol–water partition coefficient (Wildman–Crippen LogP) is 1.69. The zero-order valence-corrected chi connectivity index (χ0v) is 8.80. The van der Waals surface area contributed by atoms with Gasteiger partial charge in [0.25, 0.3) is 0 Å². The Kier molecular flexibility index (Phi) is 3.29. The van der Waals surface area contributed by atoms with Crippen molar-refractivity contribution in [2.75, 3.05) is 13.1 Å². The van der Waals surface area contributed by atoms with E-state index in [0.29, 0.717) is 6.54 Å². The van der Waals surface area contributed by atoms with Crippen molar-refractivity contribution in [2.45, 2.75) is 12.8 Å². The third kappa shape index (κ3) is 2.27. The summed E-state index contributed by atoms with van der Waals surface area (Å²) < 4.78 is 26.2. The molecule has 16 heavy (non-hydrogen) atoms. The molecule has 1 aromatic rings. The van der Waals surface area contributed by atoms with Gasteiger partial charge in [-0.2, -0.15) is 0 Å². The fraction of sp³-hybridized carbons (Fsp3) is 0.417. The van der Waals surface area contributed by atoms with Gasteiger partial charge in [0.1, 0.15) is 5.78 Å². The van der Waals surface area contributed by atoms with E-state index in [9.17, 15) is 13.6 Å². The Labute approximate surface area is 92.7 Å². The number of nitrogens with one attached hydrogen (secondary N) is 1. The molecule has 1 heterocycles. The number of rotatable bonds is 3. The van der Waals surface area contributed by atoms with Gasteiger partial charge >= 0.3 is 0 Å². The van der Waals surface area contributed by atoms with Crippen molar-refractivity contribution in [2.24, 2.45) is 5.92 Å². The zero-order chi connectivity index (χ0) is 11.5. The van der Waals surface area contributed by atoms with Gasteiger partial charge in [-0.3, -0.25) is 4.79 Å². The first-order valence-corrected chi connectivity index (χ1v) is 5.35. The molecule has 0 aromatic heterocycles. The molecule has 0 saturated carbocycles. The van der Waals surface area contributed by atoms with Crippen LogP contribution in [0.4, 0.5) is 8.78 Å². The van der Waals surface area contributed by atoms with Gasteiger partial charge in [0, 0.05) is 18.9 Å². The van der Waals surface area contributed by atoms with Crippen LogP contribution in [0.5, 0.6) is 0 Å². The molecule has 1 N–H and O–H groups in total. The number of carbonyl (C=O) groups excluding carboxylic acids is 1. The predicted molar refractivity (Wildman–Crippen MR) is 56.0 cm³/mol. The highest BCUT2D eigenvalue weighted by molar-refractivity contribution is 5.83. The minimum Gasteiger partial charge on any atom is -0.316 e. The number of Topliss-reactive ketones (excluding diaryl/α,β-unsaturated/α-hetero) is 1. The van der Waals surface area contributed by atoms with Crippen LogP contribution in [0.15, 0.2) is 18.2 Å². The first-order chi connectivity index (χ1) is 7.68. The average molecular weight is 225 g/mol. The third-order valence-electron chi connectivity index (χ3n) is 2.91. The molecule has 1 atom stereocenters. The number of carbonyl (C=O) groups is 1. The highest BCUT2D eigenvalue weighted by Crippen LogP contribution is 2.16. The zero-order valence-electron chi connectivity index (χ0n) is 8.80. The van der Waals surface area contributed by atoms with Crippen molar-refractivity contribution < 1.29 is 13.6 Å². The molecule has 0 amide bonds. The summed E-state index contributed by atoms with van der Waals surface area (Å²) in [6.07, 6.45) is 0.770. The monoisotopic (exact) mass is 225 g/mol. The molecule has 4 heteroatoms. The van der Waals surface area contributed by atoms with Crippen LogP contribution >= 0.6 is 0 Å². The standard InChI is InChI=1S/C12H13F2NO/c13-10-3-1-2-8(12(10)14)6-11(16)9-4-5-15-7-9/h1-3,9,15H,4-7H2. The van der Waals surface area contributed by atoms with Crippen LogP contribution in [-0.4, -0.2) is 18.9 Å². The molecule has 0 bridgehead atoms. The summed E-state index contributed by atoms with van der Waals surface area (Å²) in [6, 6.07) is 3.94. The van der Waals surface area contributed by atoms with Gasteiger partial charge in [-0.15, -0.1) is 0 Å². The highest BCUT2D eigenvalue weighted by Gasteiger charge is 2.23. The maximum Gasteiger partial charge on any atom is 0.162 e. The molecular weight excluding hydrogens is 212 g/mol. The third-order valence-corrected chi connectivity index (χ3v) is 2.91. The topological polar surface area (TPSA) is 29.1 Å². The molecule has 1 fully saturated rings. The summed E-state index contributed by atoms with van der Waals surface area (Å²) in [4.78, 5) is 11.7. The van der Waals surface area contributed by atoms with Crippen molar-refractivity contribution in [1.82, 2.24) is 5.32 Å². The van der Waals surface area contributed by atoms with Crippen LogP contribution in [0.2, 0.25) is 0 Å². The van der Waals surface area contributed by atoms with Crippen LogP contribution in [-0.2, 0) is 11.2 Å². The van der Waals surface area contributed by atoms with Gasteiger partial charge in [-0.25, -0.2) is 8.78 Å². The molecule has 1 aliphatic rings. The first-order valence-electron chi connectivity index (χ1n) is 5.35. The lowest BCUT2D eigenvalue weighted by molar-refractivity contribution is -0.121. The number of hydrogen-bond donors (Lipinski definition) is 1. The lowest BCUT2D eigenvalue weighted by Crippen LogP contribution is -2.20. The van der Waals surface area contributed by atoms with Crippen molar-refractivity contribution in [1.29, 1.82) is 0 Å². The molecule has 0 aliphatic carbocycles. The summed E-state index contributed by atoms with van der Waals surface area (Å²) in [6.45, 7) is 1.47. The molecule has 1 saturated heterocycles. The van der Waals surface area contributed by atoms with Crippen LogP contribution in [0.25, 0.3) is 0 Å². The minimum absolute atomic E-state index is 0.0179. The summed E-state index contributed by atoms with van der Waals surface area (Å²) in [5.74, 6) is -1.87. The average Bonchev–Trinajstić information content (AvgIpc) is 2.78. The lowest BCUT2D eigenvalue weighted by Gasteiger charge is -2.08. The van der Waals surface area contributed by atoms with Gasteiger partial charge in [0.05, 0.1) is 0 Å². The van der Waals surface area contributed by atoms with E-state index in [2.05, 4.69) is 5.32 Å². The fourth-order valence-corrected chi connectivity index (χ4v) is 1.95. The Bertz CT molecular complexity index is 400. The summed E-state index contributed by atoms with van der Waals surface area (Å²) in [5, 5.41) is 3.08. The van der Waals surface area contributed by atoms with E-state index in [1.54, 1.807) is 0 Å². The van der Waals surface area contributed by atoms with E-state index < -0.39 is 11.6 Å². The normalized spacial score (nSPS) is 20.0. The summed E-state index contributed by atoms with van der Waals surface area (Å²) in [5.41, 5.74) is 0.150. The quantitative estimate of drug-likeness (QED) is 0.848. The Morgan fingerprint density at radius 1 is 1.44 bits per heavy atom. The van der Waals surface area contributed by atoms with Crippen LogP contribution < -0.4 is 5.32 Å². The first kappa shape index (κ1) is 11.2. The minimum atomic E-state index is -0.901. The summed E-state index contributed by atoms with van der Waals surface area (Å²) >= 11 is 0. The number of ketones is 1. The summed E-state index contributed by atoms with van der Waals surface area (Å²) in [7, 11) is 0.